The fraction of sp³-hybridized carbons (Fsp3) is 0.207. The van der Waals surface area contributed by atoms with Crippen molar-refractivity contribution in [3.8, 4) is 17.6 Å². The molecule has 1 N–H and O–H groups in total. The lowest BCUT2D eigenvalue weighted by Gasteiger charge is -2.34. The van der Waals surface area contributed by atoms with E-state index in [9.17, 15) is 9.90 Å². The summed E-state index contributed by atoms with van der Waals surface area (Å²) in [5.41, 5.74) is 3.60. The van der Waals surface area contributed by atoms with Crippen molar-refractivity contribution in [2.24, 2.45) is 5.92 Å². The van der Waals surface area contributed by atoms with Crippen molar-refractivity contribution in [3.63, 3.8) is 0 Å². The van der Waals surface area contributed by atoms with Gasteiger partial charge in [-0.25, -0.2) is 4.79 Å². The highest BCUT2D eigenvalue weighted by atomic mass is 16.6. The van der Waals surface area contributed by atoms with E-state index in [0.29, 0.717) is 18.0 Å². The quantitative estimate of drug-likeness (QED) is 0.406. The number of fused-ring (bicyclic) bond motifs is 1. The Labute approximate surface area is 200 Å². The summed E-state index contributed by atoms with van der Waals surface area (Å²) in [5.74, 6) is 6.58. The average molecular weight is 454 g/mol. The van der Waals surface area contributed by atoms with Crippen LogP contribution in [0.15, 0.2) is 91.0 Å². The zero-order chi connectivity index (χ0) is 23.8. The summed E-state index contributed by atoms with van der Waals surface area (Å²) in [6.07, 6.45) is 1.41. The minimum atomic E-state index is -0.560. The van der Waals surface area contributed by atoms with E-state index in [4.69, 9.17) is 9.47 Å². The molecule has 2 unspecified atom stereocenters. The molecule has 34 heavy (non-hydrogen) atoms. The van der Waals surface area contributed by atoms with Crippen LogP contribution in [0.2, 0.25) is 0 Å². The third kappa shape index (κ3) is 5.55. The van der Waals surface area contributed by atoms with Crippen molar-refractivity contribution in [1.82, 2.24) is 0 Å². The number of rotatable bonds is 6. The molecule has 0 radical (unpaired) electrons. The molecule has 5 nitrogen and oxygen atoms in total. The van der Waals surface area contributed by atoms with Gasteiger partial charge in [-0.05, 0) is 35.4 Å². The molecule has 1 aliphatic rings. The molecular weight excluding hydrogens is 426 g/mol. The van der Waals surface area contributed by atoms with Gasteiger partial charge in [0.1, 0.15) is 18.4 Å². The molecule has 0 aromatic heterocycles. The van der Waals surface area contributed by atoms with E-state index >= 15 is 0 Å². The Bertz CT molecular complexity index is 1190. The lowest BCUT2D eigenvalue weighted by atomic mass is 9.88. The highest BCUT2D eigenvalue weighted by Crippen LogP contribution is 2.38. The molecule has 0 spiro atoms. The van der Waals surface area contributed by atoms with Gasteiger partial charge < -0.3 is 14.6 Å². The van der Waals surface area contributed by atoms with Crippen LogP contribution in [0, 0.1) is 17.8 Å². The van der Waals surface area contributed by atoms with Crippen LogP contribution in [0.25, 0.3) is 5.57 Å². The van der Waals surface area contributed by atoms with Crippen LogP contribution in [-0.4, -0.2) is 30.5 Å². The third-order valence-corrected chi connectivity index (χ3v) is 5.58. The molecule has 2 atom stereocenters. The van der Waals surface area contributed by atoms with Crippen molar-refractivity contribution >= 4 is 17.4 Å². The summed E-state index contributed by atoms with van der Waals surface area (Å²) < 4.78 is 11.4. The maximum atomic E-state index is 13.3. The van der Waals surface area contributed by atoms with Crippen LogP contribution in [0.1, 0.15) is 18.1 Å². The van der Waals surface area contributed by atoms with E-state index in [2.05, 4.69) is 11.8 Å². The number of carbonyl (C=O) groups is 1. The van der Waals surface area contributed by atoms with Crippen LogP contribution < -0.4 is 9.64 Å². The monoisotopic (exact) mass is 453 g/mol. The summed E-state index contributed by atoms with van der Waals surface area (Å²) in [7, 11) is 0. The number of benzene rings is 3. The molecule has 5 heteroatoms. The summed E-state index contributed by atoms with van der Waals surface area (Å²) in [4.78, 5) is 14.8. The number of aliphatic hydroxyl groups excluding tert-OH is 1. The Morgan fingerprint density at radius 2 is 1.68 bits per heavy atom. The first-order valence-electron chi connectivity index (χ1n) is 11.3. The number of amides is 1. The normalized spacial score (nSPS) is 15.4. The van der Waals surface area contributed by atoms with Gasteiger partial charge >= 0.3 is 6.09 Å². The van der Waals surface area contributed by atoms with Gasteiger partial charge in [-0.2, -0.15) is 0 Å². The van der Waals surface area contributed by atoms with E-state index in [1.807, 2.05) is 85.8 Å². The van der Waals surface area contributed by atoms with Gasteiger partial charge in [0.25, 0.3) is 0 Å². The van der Waals surface area contributed by atoms with Crippen molar-refractivity contribution in [2.45, 2.75) is 19.6 Å². The molecule has 4 rings (SSSR count). The molecule has 1 heterocycles. The zero-order valence-electron chi connectivity index (χ0n) is 19.1. The van der Waals surface area contributed by atoms with Gasteiger partial charge in [-0.3, -0.25) is 4.90 Å². The fourth-order valence-corrected chi connectivity index (χ4v) is 3.84. The number of hydrogen-bond donors (Lipinski definition) is 1. The molecule has 0 bridgehead atoms. The molecule has 1 aliphatic heterocycles. The number of nitrogens with zero attached hydrogens (tertiary/aromatic N) is 1. The van der Waals surface area contributed by atoms with Crippen LogP contribution in [0.4, 0.5) is 10.5 Å². The predicted octanol–water partition coefficient (Wildman–Crippen LogP) is 5.31. The second-order valence-electron chi connectivity index (χ2n) is 8.02. The largest absolute Gasteiger partial charge is 0.421 e. The first-order chi connectivity index (χ1) is 16.7. The highest BCUT2D eigenvalue weighted by molar-refractivity contribution is 5.98. The fourth-order valence-electron chi connectivity index (χ4n) is 3.84. The number of para-hydroxylation sites is 2. The van der Waals surface area contributed by atoms with Crippen LogP contribution in [0.5, 0.6) is 5.75 Å². The van der Waals surface area contributed by atoms with Crippen molar-refractivity contribution in [3.05, 3.63) is 102 Å². The number of ether oxygens (including phenoxy) is 2. The first kappa shape index (κ1) is 23.3. The molecule has 0 saturated carbocycles. The summed E-state index contributed by atoms with van der Waals surface area (Å²) in [5, 5.41) is 9.82. The van der Waals surface area contributed by atoms with Gasteiger partial charge in [-0.15, -0.1) is 0 Å². The van der Waals surface area contributed by atoms with E-state index < -0.39 is 12.1 Å². The Morgan fingerprint density at radius 1 is 1.00 bits per heavy atom. The Morgan fingerprint density at radius 3 is 2.41 bits per heavy atom. The van der Waals surface area contributed by atoms with Gasteiger partial charge in [0.2, 0.25) is 0 Å². The molecule has 0 fully saturated rings. The zero-order valence-corrected chi connectivity index (χ0v) is 19.1. The summed E-state index contributed by atoms with van der Waals surface area (Å²) >= 11 is 0. The minimum Gasteiger partial charge on any atom is -0.410 e. The van der Waals surface area contributed by atoms with Gasteiger partial charge in [0.15, 0.2) is 0 Å². The van der Waals surface area contributed by atoms with Gasteiger partial charge in [0.05, 0.1) is 12.3 Å². The van der Waals surface area contributed by atoms with Crippen molar-refractivity contribution in [1.29, 1.82) is 0 Å². The second kappa shape index (κ2) is 11.3. The van der Waals surface area contributed by atoms with Crippen LogP contribution >= 0.6 is 0 Å². The topological polar surface area (TPSA) is 59.0 Å². The Hall–Kier alpha value is -3.85. The van der Waals surface area contributed by atoms with Crippen molar-refractivity contribution in [2.75, 3.05) is 18.1 Å². The van der Waals surface area contributed by atoms with E-state index in [1.54, 1.807) is 17.0 Å². The molecule has 1 amide bonds. The van der Waals surface area contributed by atoms with Crippen LogP contribution in [0.3, 0.4) is 0 Å². The number of hydrogen-bond acceptors (Lipinski definition) is 4. The molecule has 0 saturated heterocycles. The molecule has 172 valence electrons. The SMILES string of the molecule is CC(CO)C1=CC(C#CCOCc2ccccc2)N(C(=O)Oc2ccccc2)c2ccccc21. The highest BCUT2D eigenvalue weighted by Gasteiger charge is 2.32. The van der Waals surface area contributed by atoms with E-state index in [0.717, 1.165) is 16.7 Å². The minimum absolute atomic E-state index is 0.00500. The third-order valence-electron chi connectivity index (χ3n) is 5.58. The Kier molecular flexibility index (Phi) is 7.77. The maximum absolute atomic E-state index is 13.3. The maximum Gasteiger partial charge on any atom is 0.421 e. The molecular formula is C29H27NO4. The second-order valence-corrected chi connectivity index (χ2v) is 8.02. The molecule has 3 aromatic rings. The summed E-state index contributed by atoms with van der Waals surface area (Å²) in [6, 6.07) is 25.9. The summed E-state index contributed by atoms with van der Waals surface area (Å²) in [6.45, 7) is 2.64. The lowest BCUT2D eigenvalue weighted by molar-refractivity contribution is 0.153. The standard InChI is InChI=1S/C29H27NO4/c1-22(20-31)27-19-24(13-10-18-33-21-23-11-4-2-5-12-23)30(28-17-9-8-16-26(27)28)29(32)34-25-14-6-3-7-15-25/h2-9,11-12,14-17,19,22,24,31H,18,20-21H2,1H3. The molecule has 0 aliphatic carbocycles. The number of carbonyl (C=O) groups excluding carboxylic acids is 1. The van der Waals surface area contributed by atoms with Gasteiger partial charge in [-0.1, -0.05) is 85.5 Å². The van der Waals surface area contributed by atoms with Crippen LogP contribution in [-0.2, 0) is 11.3 Å². The number of aliphatic hydroxyl groups is 1. The lowest BCUT2D eigenvalue weighted by Crippen LogP contribution is -2.43. The average Bonchev–Trinajstić information content (AvgIpc) is 2.88. The smallest absolute Gasteiger partial charge is 0.410 e. The van der Waals surface area contributed by atoms with Gasteiger partial charge in [0, 0.05) is 18.1 Å². The van der Waals surface area contributed by atoms with E-state index in [1.165, 1.54) is 0 Å². The Balaban J connectivity index is 1.60. The van der Waals surface area contributed by atoms with E-state index in [-0.39, 0.29) is 19.1 Å². The molecule has 3 aromatic carbocycles. The number of anilines is 1. The van der Waals surface area contributed by atoms with Crippen molar-refractivity contribution < 1.29 is 19.4 Å². The first-order valence-corrected chi connectivity index (χ1v) is 11.3. The predicted molar refractivity (Wildman–Crippen MR) is 133 cm³/mol.